The number of fused-ring (bicyclic) bond motifs is 3. The van der Waals surface area contributed by atoms with Gasteiger partial charge in [0.25, 0.3) is 5.56 Å². The van der Waals surface area contributed by atoms with Crippen LogP contribution in [0.1, 0.15) is 24.1 Å². The Bertz CT molecular complexity index is 1630. The molecule has 4 aromatic heterocycles. The van der Waals surface area contributed by atoms with Gasteiger partial charge in [0.05, 0.1) is 36.4 Å². The molecule has 0 fully saturated rings. The van der Waals surface area contributed by atoms with Crippen molar-refractivity contribution in [2.24, 2.45) is 14.1 Å². The largest absolute Gasteiger partial charge is 0.394 e. The van der Waals surface area contributed by atoms with Crippen LogP contribution in [0.5, 0.6) is 0 Å². The van der Waals surface area contributed by atoms with Crippen molar-refractivity contribution in [3.63, 3.8) is 0 Å². The molecular weight excluding hydrogens is 466 g/mol. The van der Waals surface area contributed by atoms with Gasteiger partial charge in [0.2, 0.25) is 0 Å². The topological polar surface area (TPSA) is 103 Å². The summed E-state index contributed by atoms with van der Waals surface area (Å²) in [6, 6.07) is 6.92. The van der Waals surface area contributed by atoms with Gasteiger partial charge in [-0.3, -0.25) is 14.0 Å². The number of rotatable bonds is 6. The number of benzene rings is 1. The molecule has 0 aliphatic carbocycles. The van der Waals surface area contributed by atoms with E-state index in [9.17, 15) is 9.90 Å². The molecule has 0 radical (unpaired) electrons. The van der Waals surface area contributed by atoms with Gasteiger partial charge < -0.3 is 10.4 Å². The van der Waals surface area contributed by atoms with Crippen LogP contribution >= 0.6 is 11.6 Å². The van der Waals surface area contributed by atoms with Crippen LogP contribution in [-0.2, 0) is 20.6 Å². The molecule has 2 N–H and O–H groups in total. The summed E-state index contributed by atoms with van der Waals surface area (Å²) in [7, 11) is 3.60. The molecule has 9 nitrogen and oxygen atoms in total. The van der Waals surface area contributed by atoms with E-state index in [1.54, 1.807) is 34.8 Å². The van der Waals surface area contributed by atoms with Crippen molar-refractivity contribution in [3.05, 3.63) is 69.5 Å². The van der Waals surface area contributed by atoms with Crippen molar-refractivity contribution in [2.45, 2.75) is 26.4 Å². The molecule has 0 saturated carbocycles. The number of aliphatic hydroxyl groups excluding tert-OH is 1. The van der Waals surface area contributed by atoms with Crippen LogP contribution in [0.2, 0.25) is 5.15 Å². The van der Waals surface area contributed by atoms with E-state index in [1.807, 2.05) is 50.0 Å². The fourth-order valence-electron chi connectivity index (χ4n) is 4.70. The SMILES string of the molecule is CCn1ncc2c3c(C(CO)Nc4ccc(Cl)nc4-c4cnn(C)c4)cc(C)cc3c(=O)n(C)c21. The van der Waals surface area contributed by atoms with E-state index in [0.29, 0.717) is 28.5 Å². The Kier molecular flexibility index (Phi) is 5.82. The van der Waals surface area contributed by atoms with Crippen LogP contribution in [0, 0.1) is 6.92 Å². The molecule has 0 amide bonds. The molecule has 0 bridgehead atoms. The Labute approximate surface area is 206 Å². The van der Waals surface area contributed by atoms with Crippen LogP contribution in [0.3, 0.4) is 0 Å². The highest BCUT2D eigenvalue weighted by atomic mass is 35.5. The molecule has 180 valence electrons. The lowest BCUT2D eigenvalue weighted by Gasteiger charge is -2.22. The summed E-state index contributed by atoms with van der Waals surface area (Å²) >= 11 is 6.21. The maximum atomic E-state index is 13.4. The Morgan fingerprint density at radius 1 is 1.14 bits per heavy atom. The number of anilines is 1. The second-order valence-corrected chi connectivity index (χ2v) is 9.04. The lowest BCUT2D eigenvalue weighted by molar-refractivity contribution is 0.277. The van der Waals surface area contributed by atoms with Gasteiger partial charge in [-0.15, -0.1) is 0 Å². The molecule has 0 saturated heterocycles. The van der Waals surface area contributed by atoms with Gasteiger partial charge in [-0.05, 0) is 43.2 Å². The van der Waals surface area contributed by atoms with Crippen LogP contribution in [0.15, 0.2) is 47.7 Å². The average Bonchev–Trinajstić information content (AvgIpc) is 3.47. The highest BCUT2D eigenvalue weighted by molar-refractivity contribution is 6.29. The lowest BCUT2D eigenvalue weighted by atomic mass is 9.95. The van der Waals surface area contributed by atoms with Crippen molar-refractivity contribution in [1.82, 2.24) is 29.1 Å². The standard InChI is InChI=1S/C25H26ClN7O2/c1-5-33-24-18(11-28-33)22-16(8-14(2)9-17(22)25(35)32(24)4)20(13-34)29-19-6-7-21(26)30-23(19)15-10-27-31(3)12-15/h6-12,20,29,34H,5,13H2,1-4H3. The van der Waals surface area contributed by atoms with Crippen molar-refractivity contribution >= 4 is 39.1 Å². The summed E-state index contributed by atoms with van der Waals surface area (Å²) in [5.41, 5.74) is 4.50. The molecule has 0 spiro atoms. The Hall–Kier alpha value is -3.69. The quantitative estimate of drug-likeness (QED) is 0.350. The molecule has 5 rings (SSSR count). The third-order valence-electron chi connectivity index (χ3n) is 6.27. The summed E-state index contributed by atoms with van der Waals surface area (Å²) in [4.78, 5) is 17.9. The van der Waals surface area contributed by atoms with Gasteiger partial charge in [-0.25, -0.2) is 9.67 Å². The van der Waals surface area contributed by atoms with E-state index in [0.717, 1.165) is 33.1 Å². The Morgan fingerprint density at radius 3 is 2.63 bits per heavy atom. The number of aromatic nitrogens is 6. The molecule has 1 aromatic carbocycles. The van der Waals surface area contributed by atoms with Crippen molar-refractivity contribution in [2.75, 3.05) is 11.9 Å². The number of pyridine rings is 2. The smallest absolute Gasteiger partial charge is 0.259 e. The molecule has 5 aromatic rings. The van der Waals surface area contributed by atoms with Crippen LogP contribution < -0.4 is 10.9 Å². The number of halogens is 1. The monoisotopic (exact) mass is 491 g/mol. The number of nitrogens with one attached hydrogen (secondary N) is 1. The third kappa shape index (κ3) is 3.86. The number of hydrogen-bond acceptors (Lipinski definition) is 6. The minimum atomic E-state index is -0.518. The summed E-state index contributed by atoms with van der Waals surface area (Å²) in [5, 5.41) is 25.3. The van der Waals surface area contributed by atoms with Crippen LogP contribution in [-0.4, -0.2) is 40.8 Å². The first-order chi connectivity index (χ1) is 16.8. The first-order valence-electron chi connectivity index (χ1n) is 11.3. The van der Waals surface area contributed by atoms with E-state index in [1.165, 1.54) is 0 Å². The highest BCUT2D eigenvalue weighted by Crippen LogP contribution is 2.35. The fourth-order valence-corrected chi connectivity index (χ4v) is 4.85. The number of aliphatic hydroxyl groups is 1. The normalized spacial score (nSPS) is 12.5. The maximum absolute atomic E-state index is 13.4. The minimum absolute atomic E-state index is 0.103. The second kappa shape index (κ2) is 8.83. The number of aryl methyl sites for hydroxylation is 4. The molecule has 35 heavy (non-hydrogen) atoms. The van der Waals surface area contributed by atoms with Crippen molar-refractivity contribution in [3.8, 4) is 11.3 Å². The summed E-state index contributed by atoms with van der Waals surface area (Å²) < 4.78 is 5.14. The zero-order valence-electron chi connectivity index (χ0n) is 19.9. The molecular formula is C25H26ClN7O2. The fraction of sp³-hybridized carbons (Fsp3) is 0.280. The van der Waals surface area contributed by atoms with E-state index in [2.05, 4.69) is 20.5 Å². The number of nitrogens with zero attached hydrogens (tertiary/aromatic N) is 6. The lowest BCUT2D eigenvalue weighted by Crippen LogP contribution is -2.22. The predicted molar refractivity (Wildman–Crippen MR) is 138 cm³/mol. The van der Waals surface area contributed by atoms with Gasteiger partial charge in [-0.2, -0.15) is 10.2 Å². The Morgan fingerprint density at radius 2 is 1.94 bits per heavy atom. The van der Waals surface area contributed by atoms with E-state index in [4.69, 9.17) is 11.6 Å². The molecule has 4 heterocycles. The van der Waals surface area contributed by atoms with Gasteiger partial charge in [0, 0.05) is 48.6 Å². The van der Waals surface area contributed by atoms with Crippen LogP contribution in [0.25, 0.3) is 33.1 Å². The first kappa shape index (κ1) is 23.1. The zero-order chi connectivity index (χ0) is 24.9. The van der Waals surface area contributed by atoms with Crippen LogP contribution in [0.4, 0.5) is 5.69 Å². The van der Waals surface area contributed by atoms with E-state index >= 15 is 0 Å². The predicted octanol–water partition coefficient (Wildman–Crippen LogP) is 3.81. The van der Waals surface area contributed by atoms with Gasteiger partial charge >= 0.3 is 0 Å². The minimum Gasteiger partial charge on any atom is -0.394 e. The summed E-state index contributed by atoms with van der Waals surface area (Å²) in [5.74, 6) is 0. The second-order valence-electron chi connectivity index (χ2n) is 8.65. The molecule has 1 atom stereocenters. The van der Waals surface area contributed by atoms with E-state index in [-0.39, 0.29) is 12.2 Å². The zero-order valence-corrected chi connectivity index (χ0v) is 20.7. The van der Waals surface area contributed by atoms with Gasteiger partial charge in [0.15, 0.2) is 0 Å². The highest BCUT2D eigenvalue weighted by Gasteiger charge is 2.22. The number of hydrogen-bond donors (Lipinski definition) is 2. The van der Waals surface area contributed by atoms with Crippen molar-refractivity contribution in [1.29, 1.82) is 0 Å². The Balaban J connectivity index is 1.73. The van der Waals surface area contributed by atoms with Gasteiger partial charge in [0.1, 0.15) is 10.8 Å². The average molecular weight is 492 g/mol. The molecule has 0 aliphatic heterocycles. The van der Waals surface area contributed by atoms with Crippen molar-refractivity contribution < 1.29 is 5.11 Å². The molecule has 1 unspecified atom stereocenters. The summed E-state index contributed by atoms with van der Waals surface area (Å²) in [6.45, 7) is 4.37. The maximum Gasteiger partial charge on any atom is 0.259 e. The molecule has 10 heteroatoms. The molecule has 0 aliphatic rings. The third-order valence-corrected chi connectivity index (χ3v) is 6.48. The first-order valence-corrected chi connectivity index (χ1v) is 11.7. The van der Waals surface area contributed by atoms with E-state index < -0.39 is 6.04 Å². The van der Waals surface area contributed by atoms with Gasteiger partial charge in [-0.1, -0.05) is 17.7 Å². The summed E-state index contributed by atoms with van der Waals surface area (Å²) in [6.07, 6.45) is 5.36.